The van der Waals surface area contributed by atoms with Gasteiger partial charge in [-0.1, -0.05) is 12.1 Å². The predicted molar refractivity (Wildman–Crippen MR) is 122 cm³/mol. The van der Waals surface area contributed by atoms with Crippen molar-refractivity contribution in [3.8, 4) is 0 Å². The monoisotopic (exact) mass is 482 g/mol. The summed E-state index contributed by atoms with van der Waals surface area (Å²) >= 11 is 0. The first kappa shape index (κ1) is 23.2. The molecular weight excluding hydrogens is 460 g/mol. The maximum atomic E-state index is 13.4. The van der Waals surface area contributed by atoms with Crippen LogP contribution in [0.3, 0.4) is 0 Å². The summed E-state index contributed by atoms with van der Waals surface area (Å²) in [6, 6.07) is 11.5. The molecule has 0 unspecified atom stereocenters. The highest BCUT2D eigenvalue weighted by atomic mass is 32.2. The highest BCUT2D eigenvalue weighted by molar-refractivity contribution is 7.91. The molecule has 34 heavy (non-hydrogen) atoms. The van der Waals surface area contributed by atoms with Gasteiger partial charge in [0.15, 0.2) is 0 Å². The number of aromatic nitrogens is 2. The van der Waals surface area contributed by atoms with E-state index in [-0.39, 0.29) is 27.7 Å². The molecule has 1 atom stereocenters. The van der Waals surface area contributed by atoms with Gasteiger partial charge in [-0.05, 0) is 57.2 Å². The van der Waals surface area contributed by atoms with Crippen LogP contribution < -0.4 is 10.2 Å². The summed E-state index contributed by atoms with van der Waals surface area (Å²) in [5.41, 5.74) is 1.53. The number of imide groups is 1. The summed E-state index contributed by atoms with van der Waals surface area (Å²) in [6.07, 6.45) is -1.18. The molecule has 10 nitrogen and oxygen atoms in total. The van der Waals surface area contributed by atoms with E-state index in [1.54, 1.807) is 45.0 Å². The zero-order valence-corrected chi connectivity index (χ0v) is 19.5. The number of amides is 3. The molecule has 1 aromatic heterocycles. The number of benzene rings is 2. The van der Waals surface area contributed by atoms with Gasteiger partial charge in [-0.3, -0.25) is 14.3 Å². The highest BCUT2D eigenvalue weighted by Gasteiger charge is 2.36. The first-order chi connectivity index (χ1) is 16.0. The maximum Gasteiger partial charge on any atom is 0.404 e. The molecule has 2 heterocycles. The van der Waals surface area contributed by atoms with Crippen molar-refractivity contribution in [3.05, 3.63) is 71.0 Å². The number of fused-ring (bicyclic) bond motifs is 1. The second kappa shape index (κ2) is 8.41. The number of aryl methyl sites for hydroxylation is 1. The topological polar surface area (TPSA) is 139 Å². The molecule has 176 valence electrons. The van der Waals surface area contributed by atoms with Crippen LogP contribution in [0.15, 0.2) is 58.3 Å². The van der Waals surface area contributed by atoms with Gasteiger partial charge < -0.3 is 10.4 Å². The zero-order chi connectivity index (χ0) is 24.8. The third-order valence-corrected chi connectivity index (χ3v) is 7.62. The van der Waals surface area contributed by atoms with Crippen LogP contribution in [0, 0.1) is 13.8 Å². The number of hydrogen-bond acceptors (Lipinski definition) is 6. The van der Waals surface area contributed by atoms with Crippen LogP contribution in [0.1, 0.15) is 39.0 Å². The van der Waals surface area contributed by atoms with Crippen molar-refractivity contribution in [3.63, 3.8) is 0 Å². The first-order valence-electron chi connectivity index (χ1n) is 10.4. The van der Waals surface area contributed by atoms with E-state index < -0.39 is 33.8 Å². The molecule has 1 aliphatic rings. The second-order valence-electron chi connectivity index (χ2n) is 8.02. The average Bonchev–Trinajstić information content (AvgIpc) is 3.20. The molecule has 1 aliphatic heterocycles. The maximum absolute atomic E-state index is 13.4. The molecule has 2 aromatic carbocycles. The molecule has 0 fully saturated rings. The normalized spacial score (nSPS) is 14.3. The molecule has 0 radical (unpaired) electrons. The Bertz CT molecular complexity index is 1390. The SMILES string of the molecule is Cc1nn(C[C@H](C)NC(=O)O)c(C)c1S(=O)(=O)c1ccc(N2C(=O)c3ccccc3C2=O)cc1. The van der Waals surface area contributed by atoms with Crippen molar-refractivity contribution in [1.82, 2.24) is 15.1 Å². The van der Waals surface area contributed by atoms with Gasteiger partial charge in [-0.2, -0.15) is 5.10 Å². The van der Waals surface area contributed by atoms with Crippen molar-refractivity contribution in [2.75, 3.05) is 4.90 Å². The van der Waals surface area contributed by atoms with Gasteiger partial charge in [0.05, 0.1) is 39.6 Å². The van der Waals surface area contributed by atoms with Crippen LogP contribution in [0.5, 0.6) is 0 Å². The molecular formula is C23H22N4O6S. The predicted octanol–water partition coefficient (Wildman–Crippen LogP) is 2.79. The second-order valence-corrected chi connectivity index (χ2v) is 9.91. The fourth-order valence-electron chi connectivity index (χ4n) is 4.08. The van der Waals surface area contributed by atoms with Gasteiger partial charge in [0.1, 0.15) is 4.90 Å². The lowest BCUT2D eigenvalue weighted by atomic mass is 10.1. The lowest BCUT2D eigenvalue weighted by Gasteiger charge is -2.15. The van der Waals surface area contributed by atoms with Gasteiger partial charge in [-0.15, -0.1) is 0 Å². The Morgan fingerprint density at radius 2 is 1.59 bits per heavy atom. The summed E-state index contributed by atoms with van der Waals surface area (Å²) in [5, 5.41) is 15.5. The van der Waals surface area contributed by atoms with Gasteiger partial charge in [0, 0.05) is 6.04 Å². The highest BCUT2D eigenvalue weighted by Crippen LogP contribution is 2.31. The largest absolute Gasteiger partial charge is 0.465 e. The Balaban J connectivity index is 1.63. The molecule has 11 heteroatoms. The average molecular weight is 483 g/mol. The summed E-state index contributed by atoms with van der Waals surface area (Å²) in [5.74, 6) is -0.929. The van der Waals surface area contributed by atoms with E-state index in [9.17, 15) is 22.8 Å². The Morgan fingerprint density at radius 3 is 2.12 bits per heavy atom. The van der Waals surface area contributed by atoms with Crippen molar-refractivity contribution in [2.24, 2.45) is 0 Å². The van der Waals surface area contributed by atoms with Crippen LogP contribution in [-0.4, -0.2) is 47.3 Å². The number of carbonyl (C=O) groups is 3. The standard InChI is InChI=1S/C23H22N4O6S/c1-13(24-23(30)31)12-26-15(3)20(14(2)25-26)34(32,33)17-10-8-16(9-11-17)27-21(28)18-6-4-5-7-19(18)22(27)29/h4-11,13,24H,12H2,1-3H3,(H,30,31)/t13-/m0/s1. The van der Waals surface area contributed by atoms with E-state index in [4.69, 9.17) is 5.11 Å². The molecule has 0 aliphatic carbocycles. The Hall–Kier alpha value is -3.99. The van der Waals surface area contributed by atoms with Gasteiger partial charge in [-0.25, -0.2) is 18.1 Å². The summed E-state index contributed by atoms with van der Waals surface area (Å²) in [6.45, 7) is 4.98. The van der Waals surface area contributed by atoms with E-state index in [1.807, 2.05) is 0 Å². The number of carbonyl (C=O) groups excluding carboxylic acids is 2. The molecule has 4 rings (SSSR count). The van der Waals surface area contributed by atoms with Crippen molar-refractivity contribution >= 4 is 33.4 Å². The van der Waals surface area contributed by atoms with Crippen LogP contribution in [0.4, 0.5) is 10.5 Å². The molecule has 0 spiro atoms. The van der Waals surface area contributed by atoms with Crippen LogP contribution in [0.2, 0.25) is 0 Å². The number of anilines is 1. The smallest absolute Gasteiger partial charge is 0.404 e. The molecule has 0 bridgehead atoms. The third kappa shape index (κ3) is 3.83. The summed E-state index contributed by atoms with van der Waals surface area (Å²) < 4.78 is 28.2. The van der Waals surface area contributed by atoms with Crippen molar-refractivity contribution < 1.29 is 27.9 Å². The van der Waals surface area contributed by atoms with E-state index >= 15 is 0 Å². The number of nitrogens with one attached hydrogen (secondary N) is 1. The fourth-order valence-corrected chi connectivity index (χ4v) is 5.73. The first-order valence-corrected chi connectivity index (χ1v) is 11.9. The number of sulfone groups is 1. The van der Waals surface area contributed by atoms with Crippen LogP contribution in [0.25, 0.3) is 0 Å². The number of carboxylic acid groups (broad SMARTS) is 1. The van der Waals surface area contributed by atoms with Crippen LogP contribution in [-0.2, 0) is 16.4 Å². The van der Waals surface area contributed by atoms with E-state index in [2.05, 4.69) is 10.4 Å². The molecule has 0 saturated carbocycles. The van der Waals surface area contributed by atoms with E-state index in [0.717, 1.165) is 4.90 Å². The molecule has 3 aromatic rings. The van der Waals surface area contributed by atoms with Crippen LogP contribution >= 0.6 is 0 Å². The minimum atomic E-state index is -3.97. The van der Waals surface area contributed by atoms with Crippen molar-refractivity contribution in [2.45, 2.75) is 43.1 Å². The molecule has 2 N–H and O–H groups in total. The lowest BCUT2D eigenvalue weighted by molar-refractivity contribution is 0.0926. The number of rotatable bonds is 6. The van der Waals surface area contributed by atoms with Gasteiger partial charge in [0.2, 0.25) is 9.84 Å². The quantitative estimate of drug-likeness (QED) is 0.515. The summed E-state index contributed by atoms with van der Waals surface area (Å²) in [7, 11) is -3.97. The summed E-state index contributed by atoms with van der Waals surface area (Å²) in [4.78, 5) is 37.3. The minimum absolute atomic E-state index is 0.0182. The lowest BCUT2D eigenvalue weighted by Crippen LogP contribution is -2.35. The van der Waals surface area contributed by atoms with Gasteiger partial charge >= 0.3 is 6.09 Å². The Kier molecular flexibility index (Phi) is 5.74. The fraction of sp³-hybridized carbons (Fsp3) is 0.217. The zero-order valence-electron chi connectivity index (χ0n) is 18.6. The minimum Gasteiger partial charge on any atom is -0.465 e. The third-order valence-electron chi connectivity index (χ3n) is 5.60. The van der Waals surface area contributed by atoms with Crippen molar-refractivity contribution in [1.29, 1.82) is 0 Å². The van der Waals surface area contributed by atoms with Gasteiger partial charge in [0.25, 0.3) is 11.8 Å². The number of nitrogens with zero attached hydrogens (tertiary/aromatic N) is 3. The Morgan fingerprint density at radius 1 is 1.03 bits per heavy atom. The van der Waals surface area contributed by atoms with E-state index in [1.165, 1.54) is 28.9 Å². The molecule has 3 amide bonds. The molecule has 0 saturated heterocycles. The van der Waals surface area contributed by atoms with E-state index in [0.29, 0.717) is 16.8 Å². The number of hydrogen-bond donors (Lipinski definition) is 2. The Labute approximate surface area is 195 Å².